The summed E-state index contributed by atoms with van der Waals surface area (Å²) < 4.78 is 4.21. The molecule has 2 aromatic heterocycles. The predicted octanol–water partition coefficient (Wildman–Crippen LogP) is 12.0. The third-order valence-corrected chi connectivity index (χ3v) is 11.6. The minimum absolute atomic E-state index is 0.293. The van der Waals surface area contributed by atoms with Crippen molar-refractivity contribution in [3.05, 3.63) is 191 Å². The van der Waals surface area contributed by atoms with Gasteiger partial charge >= 0.3 is 0 Å². The summed E-state index contributed by atoms with van der Waals surface area (Å²) in [6.45, 7) is 0. The molecule has 0 radical (unpaired) electrons. The van der Waals surface area contributed by atoms with E-state index in [9.17, 15) is 36.8 Å². The van der Waals surface area contributed by atoms with Crippen LogP contribution >= 0.6 is 0 Å². The molecule has 0 bridgehead atoms. The number of benzene rings is 8. The summed E-state index contributed by atoms with van der Waals surface area (Å²) in [6, 6.07) is 62.3. The zero-order valence-electron chi connectivity index (χ0n) is 33.5. The summed E-state index contributed by atoms with van der Waals surface area (Å²) >= 11 is 0. The van der Waals surface area contributed by atoms with E-state index in [1.807, 2.05) is 97.1 Å². The van der Waals surface area contributed by atoms with Crippen LogP contribution in [0.2, 0.25) is 0 Å². The number of nitrogens with zero attached hydrogens (tertiary/aromatic N) is 9. The number of para-hydroxylation sites is 2. The molecule has 0 fully saturated rings. The lowest BCUT2D eigenvalue weighted by Crippen LogP contribution is -2.05. The van der Waals surface area contributed by atoms with Crippen molar-refractivity contribution in [2.24, 2.45) is 0 Å². The molecule has 10 aromatic rings. The molecule has 9 heteroatoms. The maximum atomic E-state index is 10.8. The molecule has 0 N–H and O–H groups in total. The molecule has 0 saturated carbocycles. The van der Waals surface area contributed by atoms with Gasteiger partial charge in [-0.25, -0.2) is 0 Å². The van der Waals surface area contributed by atoms with E-state index in [0.717, 1.165) is 65.9 Å². The van der Waals surface area contributed by atoms with Crippen LogP contribution in [0.25, 0.3) is 88.4 Å². The van der Waals surface area contributed by atoms with E-state index in [2.05, 4.69) is 51.6 Å². The van der Waals surface area contributed by atoms with Crippen molar-refractivity contribution in [1.29, 1.82) is 36.8 Å². The highest BCUT2D eigenvalue weighted by molar-refractivity contribution is 6.13. The maximum Gasteiger partial charge on any atom is 0.0993 e. The third kappa shape index (κ3) is 6.12. The molecule has 0 unspecified atom stereocenters. The summed E-state index contributed by atoms with van der Waals surface area (Å²) in [6.07, 6.45) is 0. The van der Waals surface area contributed by atoms with Crippen molar-refractivity contribution in [3.63, 3.8) is 0 Å². The molecular weight excluding hydrogens is 787 g/mol. The first-order chi connectivity index (χ1) is 31.4. The Bertz CT molecular complexity index is 3690. The highest BCUT2D eigenvalue weighted by Gasteiger charge is 2.24. The Labute approximate surface area is 366 Å². The lowest BCUT2D eigenvalue weighted by atomic mass is 9.95. The molecule has 0 aliphatic rings. The predicted molar refractivity (Wildman–Crippen MR) is 244 cm³/mol. The van der Waals surface area contributed by atoms with Crippen molar-refractivity contribution in [2.75, 3.05) is 0 Å². The number of nitriles is 7. The van der Waals surface area contributed by atoms with Gasteiger partial charge in [-0.05, 0) is 131 Å². The van der Waals surface area contributed by atoms with Crippen LogP contribution in [0.5, 0.6) is 0 Å². The molecule has 9 nitrogen and oxygen atoms in total. The van der Waals surface area contributed by atoms with Gasteiger partial charge < -0.3 is 9.13 Å². The van der Waals surface area contributed by atoms with E-state index in [1.165, 1.54) is 0 Å². The monoisotopic (exact) mass is 811 g/mol. The topological polar surface area (TPSA) is 176 Å². The quantitative estimate of drug-likeness (QED) is 0.166. The number of hydrogen-bond acceptors (Lipinski definition) is 7. The zero-order chi connectivity index (χ0) is 44.1. The first-order valence-corrected chi connectivity index (χ1v) is 19.9. The molecule has 10 rings (SSSR count). The lowest BCUT2D eigenvalue weighted by molar-refractivity contribution is 1.13. The fourth-order valence-corrected chi connectivity index (χ4v) is 8.90. The molecule has 0 saturated heterocycles. The fraction of sp³-hybridized carbons (Fsp3) is 0. The summed E-state index contributed by atoms with van der Waals surface area (Å²) in [5, 5.41) is 74.0. The number of hydrogen-bond donors (Lipinski definition) is 0. The second kappa shape index (κ2) is 15.1. The lowest BCUT2D eigenvalue weighted by Gasteiger charge is -2.21. The van der Waals surface area contributed by atoms with Gasteiger partial charge in [0.05, 0.1) is 115 Å². The average Bonchev–Trinajstić information content (AvgIpc) is 3.87. The van der Waals surface area contributed by atoms with Crippen LogP contribution in [0.15, 0.2) is 152 Å². The Hall–Kier alpha value is -10.2. The van der Waals surface area contributed by atoms with Crippen LogP contribution in [0.4, 0.5) is 0 Å². The summed E-state index contributed by atoms with van der Waals surface area (Å²) in [7, 11) is 0. The molecule has 0 atom stereocenters. The molecular formula is C55H25N9. The molecule has 290 valence electrons. The van der Waals surface area contributed by atoms with Crippen molar-refractivity contribution in [1.82, 2.24) is 9.13 Å². The van der Waals surface area contributed by atoms with Crippen LogP contribution in [-0.4, -0.2) is 9.13 Å². The normalized spacial score (nSPS) is 10.7. The highest BCUT2D eigenvalue weighted by atomic mass is 15.0. The van der Waals surface area contributed by atoms with Crippen LogP contribution in [0.3, 0.4) is 0 Å². The Balaban J connectivity index is 1.32. The molecule has 2 heterocycles. The second-order valence-corrected chi connectivity index (χ2v) is 15.2. The third-order valence-electron chi connectivity index (χ3n) is 11.6. The Kier molecular flexibility index (Phi) is 8.98. The molecule has 0 spiro atoms. The van der Waals surface area contributed by atoms with Gasteiger partial charge in [0.15, 0.2) is 0 Å². The van der Waals surface area contributed by atoms with Crippen LogP contribution in [0.1, 0.15) is 38.9 Å². The molecule has 0 amide bonds. The first kappa shape index (κ1) is 38.0. The summed E-state index contributed by atoms with van der Waals surface area (Å²) in [5.74, 6) is 0. The Morgan fingerprint density at radius 1 is 0.266 bits per heavy atom. The largest absolute Gasteiger partial charge is 0.308 e. The van der Waals surface area contributed by atoms with Crippen LogP contribution in [0, 0.1) is 79.3 Å². The van der Waals surface area contributed by atoms with E-state index in [-0.39, 0.29) is 0 Å². The van der Waals surface area contributed by atoms with Crippen molar-refractivity contribution in [2.45, 2.75) is 0 Å². The van der Waals surface area contributed by atoms with Gasteiger partial charge in [-0.2, -0.15) is 36.8 Å². The van der Waals surface area contributed by atoms with Crippen molar-refractivity contribution < 1.29 is 0 Å². The maximum absolute atomic E-state index is 10.8. The van der Waals surface area contributed by atoms with E-state index < -0.39 is 0 Å². The molecule has 0 aliphatic heterocycles. The fourth-order valence-electron chi connectivity index (χ4n) is 8.90. The Morgan fingerprint density at radius 3 is 0.938 bits per heavy atom. The first-order valence-electron chi connectivity index (χ1n) is 19.9. The smallest absolute Gasteiger partial charge is 0.0993 e. The highest BCUT2D eigenvalue weighted by Crippen LogP contribution is 2.44. The van der Waals surface area contributed by atoms with Gasteiger partial charge in [0.1, 0.15) is 0 Å². The number of rotatable bonds is 5. The van der Waals surface area contributed by atoms with Crippen LogP contribution < -0.4 is 0 Å². The summed E-state index contributed by atoms with van der Waals surface area (Å²) in [5.41, 5.74) is 11.3. The van der Waals surface area contributed by atoms with Gasteiger partial charge in [0.25, 0.3) is 0 Å². The standard InChI is InChI=1S/C55H25N9/c56-26-33-13-34(27-57)17-42(16-33)40-9-11-51-47(24-40)45-5-1-3-7-49(45)63(51)53-22-39(32-62)23-54(55(53)44-20-37(30-60)15-38(21-44)31-61)64-50-8-4-2-6-46(50)48-25-41(10-12-52(48)64)43-18-35(28-58)14-36(19-43)29-59/h1-25H. The molecule has 0 aliphatic carbocycles. The minimum Gasteiger partial charge on any atom is -0.308 e. The van der Waals surface area contributed by atoms with Gasteiger partial charge in [-0.1, -0.05) is 48.5 Å². The zero-order valence-corrected chi connectivity index (χ0v) is 33.5. The second-order valence-electron chi connectivity index (χ2n) is 15.2. The van der Waals surface area contributed by atoms with E-state index in [0.29, 0.717) is 61.4 Å². The summed E-state index contributed by atoms with van der Waals surface area (Å²) in [4.78, 5) is 0. The van der Waals surface area contributed by atoms with Crippen LogP contribution in [-0.2, 0) is 0 Å². The van der Waals surface area contributed by atoms with Crippen molar-refractivity contribution in [3.8, 4) is 87.2 Å². The average molecular weight is 812 g/mol. The number of aromatic nitrogens is 2. The molecule has 8 aromatic carbocycles. The minimum atomic E-state index is 0.293. The Morgan fingerprint density at radius 2 is 0.578 bits per heavy atom. The van der Waals surface area contributed by atoms with Crippen molar-refractivity contribution >= 4 is 43.6 Å². The van der Waals surface area contributed by atoms with E-state index in [4.69, 9.17) is 0 Å². The number of fused-ring (bicyclic) bond motifs is 6. The van der Waals surface area contributed by atoms with Gasteiger partial charge in [-0.15, -0.1) is 0 Å². The SMILES string of the molecule is N#Cc1cc(C#N)cc(-c2ccc3c(c2)c2ccccc2n3-c2cc(C#N)cc(-n3c4ccccc4c4cc(-c5cc(C#N)cc(C#N)c5)ccc43)c2-c2cc(C#N)cc(C#N)c2)c1. The van der Waals surface area contributed by atoms with E-state index >= 15 is 0 Å². The van der Waals surface area contributed by atoms with Gasteiger partial charge in [0.2, 0.25) is 0 Å². The molecule has 64 heavy (non-hydrogen) atoms. The van der Waals surface area contributed by atoms with Gasteiger partial charge in [0, 0.05) is 27.1 Å². The van der Waals surface area contributed by atoms with E-state index in [1.54, 1.807) is 54.6 Å². The van der Waals surface area contributed by atoms with Gasteiger partial charge in [-0.3, -0.25) is 0 Å².